The summed E-state index contributed by atoms with van der Waals surface area (Å²) in [5.41, 5.74) is 0.784. The van der Waals surface area contributed by atoms with Gasteiger partial charge in [-0.25, -0.2) is 4.98 Å². The molecule has 0 amide bonds. The highest BCUT2D eigenvalue weighted by Gasteiger charge is 2.09. The van der Waals surface area contributed by atoms with Crippen LogP contribution in [-0.2, 0) is 0 Å². The summed E-state index contributed by atoms with van der Waals surface area (Å²) < 4.78 is -0.386. The number of halogens is 1. The average molecular weight is 240 g/mol. The molecule has 3 nitrogen and oxygen atoms in total. The zero-order chi connectivity index (χ0) is 10.8. The van der Waals surface area contributed by atoms with Crippen molar-refractivity contribution in [1.29, 1.82) is 0 Å². The van der Waals surface area contributed by atoms with Crippen molar-refractivity contribution in [2.24, 2.45) is 0 Å². The predicted molar refractivity (Wildman–Crippen MR) is 60.5 cm³/mol. The second-order valence-corrected chi connectivity index (χ2v) is 4.15. The van der Waals surface area contributed by atoms with Crippen LogP contribution in [0, 0.1) is 0 Å². The van der Waals surface area contributed by atoms with Crippen LogP contribution in [0.1, 0.15) is 0 Å². The third kappa shape index (κ3) is 2.00. The zero-order valence-corrected chi connectivity index (χ0v) is 9.05. The zero-order valence-electron chi connectivity index (χ0n) is 7.48. The molecule has 5 heteroatoms. The SMILES string of the molecule is O=c1sc(-c2ccccc2)nc(O)c1Cl. The van der Waals surface area contributed by atoms with Crippen LogP contribution < -0.4 is 4.74 Å². The predicted octanol–water partition coefficient (Wildman–Crippen LogP) is 2.53. The molecule has 0 aliphatic rings. The number of hydrogen-bond acceptors (Lipinski definition) is 4. The van der Waals surface area contributed by atoms with Crippen molar-refractivity contribution < 1.29 is 5.11 Å². The van der Waals surface area contributed by atoms with Crippen LogP contribution in [-0.4, -0.2) is 10.1 Å². The quantitative estimate of drug-likeness (QED) is 0.832. The van der Waals surface area contributed by atoms with Crippen molar-refractivity contribution >= 4 is 22.9 Å². The lowest BCUT2D eigenvalue weighted by molar-refractivity contribution is 0.455. The van der Waals surface area contributed by atoms with Gasteiger partial charge in [0.2, 0.25) is 5.88 Å². The van der Waals surface area contributed by atoms with Gasteiger partial charge in [0, 0.05) is 5.56 Å². The van der Waals surface area contributed by atoms with E-state index in [0.717, 1.165) is 16.9 Å². The summed E-state index contributed by atoms with van der Waals surface area (Å²) in [5.74, 6) is -0.417. The Morgan fingerprint density at radius 2 is 1.93 bits per heavy atom. The molecule has 2 aromatic rings. The second kappa shape index (κ2) is 4.00. The van der Waals surface area contributed by atoms with Crippen molar-refractivity contribution in [3.8, 4) is 16.5 Å². The molecule has 76 valence electrons. The lowest BCUT2D eigenvalue weighted by Crippen LogP contribution is -1.97. The summed E-state index contributed by atoms with van der Waals surface area (Å²) >= 11 is 6.44. The van der Waals surface area contributed by atoms with E-state index >= 15 is 0 Å². The third-order valence-corrected chi connectivity index (χ3v) is 3.16. The second-order valence-electron chi connectivity index (χ2n) is 2.81. The smallest absolute Gasteiger partial charge is 0.258 e. The van der Waals surface area contributed by atoms with E-state index in [9.17, 15) is 9.90 Å². The Morgan fingerprint density at radius 1 is 1.27 bits per heavy atom. The van der Waals surface area contributed by atoms with Gasteiger partial charge in [0.1, 0.15) is 5.01 Å². The molecule has 1 aromatic heterocycles. The minimum atomic E-state index is -0.417. The van der Waals surface area contributed by atoms with Crippen molar-refractivity contribution in [2.45, 2.75) is 0 Å². The normalized spacial score (nSPS) is 10.2. The highest BCUT2D eigenvalue weighted by atomic mass is 35.5. The van der Waals surface area contributed by atoms with Gasteiger partial charge in [0.15, 0.2) is 5.02 Å². The Bertz CT molecular complexity index is 539. The molecule has 0 spiro atoms. The van der Waals surface area contributed by atoms with Crippen LogP contribution in [0.25, 0.3) is 10.6 Å². The molecule has 1 aromatic carbocycles. The van der Waals surface area contributed by atoms with Gasteiger partial charge >= 0.3 is 0 Å². The lowest BCUT2D eigenvalue weighted by atomic mass is 10.2. The fourth-order valence-electron chi connectivity index (χ4n) is 1.10. The van der Waals surface area contributed by atoms with E-state index in [4.69, 9.17) is 11.6 Å². The standard InChI is InChI=1S/C10H6ClNO2S/c11-7-8(13)12-9(15-10(7)14)6-4-2-1-3-5-6/h1-5,13H. The maximum Gasteiger partial charge on any atom is 0.258 e. The number of nitrogens with zero attached hydrogens (tertiary/aromatic N) is 1. The topological polar surface area (TPSA) is 50.2 Å². The lowest BCUT2D eigenvalue weighted by Gasteiger charge is -1.99. The number of hydrogen-bond donors (Lipinski definition) is 1. The van der Waals surface area contributed by atoms with Crippen LogP contribution in [0.2, 0.25) is 5.02 Å². The van der Waals surface area contributed by atoms with E-state index < -0.39 is 5.88 Å². The third-order valence-electron chi connectivity index (χ3n) is 1.79. The Hall–Kier alpha value is -1.39. The first kappa shape index (κ1) is 10.1. The van der Waals surface area contributed by atoms with Gasteiger partial charge in [-0.2, -0.15) is 0 Å². The number of aromatic hydroxyl groups is 1. The Labute approximate surface area is 94.6 Å². The van der Waals surface area contributed by atoms with Gasteiger partial charge in [-0.3, -0.25) is 4.79 Å². The first-order chi connectivity index (χ1) is 7.18. The molecule has 0 fully saturated rings. The maximum absolute atomic E-state index is 11.3. The molecule has 0 atom stereocenters. The molecule has 0 saturated carbocycles. The van der Waals surface area contributed by atoms with Crippen LogP contribution in [0.3, 0.4) is 0 Å². The minimum Gasteiger partial charge on any atom is -0.492 e. The van der Waals surface area contributed by atoms with Crippen LogP contribution >= 0.6 is 22.9 Å². The monoisotopic (exact) mass is 239 g/mol. The summed E-state index contributed by atoms with van der Waals surface area (Å²) in [6, 6.07) is 9.15. The largest absolute Gasteiger partial charge is 0.492 e. The fraction of sp³-hybridized carbons (Fsp3) is 0. The Balaban J connectivity index is 2.61. The van der Waals surface area contributed by atoms with Gasteiger partial charge in [0.05, 0.1) is 0 Å². The molecule has 1 heterocycles. The van der Waals surface area contributed by atoms with Crippen LogP contribution in [0.5, 0.6) is 5.88 Å². The van der Waals surface area contributed by atoms with Gasteiger partial charge < -0.3 is 5.11 Å². The molecule has 0 aliphatic heterocycles. The molecule has 0 bridgehead atoms. The number of benzene rings is 1. The van der Waals surface area contributed by atoms with Crippen LogP contribution in [0.4, 0.5) is 0 Å². The summed E-state index contributed by atoms with van der Waals surface area (Å²) in [7, 11) is 0. The van der Waals surface area contributed by atoms with E-state index in [0.29, 0.717) is 5.01 Å². The number of aromatic nitrogens is 1. The molecule has 0 radical (unpaired) electrons. The van der Waals surface area contributed by atoms with E-state index in [1.165, 1.54) is 0 Å². The van der Waals surface area contributed by atoms with E-state index in [-0.39, 0.29) is 9.77 Å². The number of rotatable bonds is 1. The molecular weight excluding hydrogens is 234 g/mol. The molecule has 0 saturated heterocycles. The highest BCUT2D eigenvalue weighted by molar-refractivity contribution is 7.12. The van der Waals surface area contributed by atoms with E-state index in [1.54, 1.807) is 0 Å². The van der Waals surface area contributed by atoms with Gasteiger partial charge in [-0.05, 0) is 0 Å². The van der Waals surface area contributed by atoms with Crippen molar-refractivity contribution in [2.75, 3.05) is 0 Å². The summed E-state index contributed by atoms with van der Waals surface area (Å²) in [6.45, 7) is 0. The van der Waals surface area contributed by atoms with E-state index in [1.807, 2.05) is 30.3 Å². The molecule has 15 heavy (non-hydrogen) atoms. The Morgan fingerprint density at radius 3 is 2.53 bits per heavy atom. The summed E-state index contributed by atoms with van der Waals surface area (Å²) in [4.78, 5) is 15.2. The van der Waals surface area contributed by atoms with Crippen molar-refractivity contribution in [3.63, 3.8) is 0 Å². The minimum absolute atomic E-state index is 0.223. The first-order valence-corrected chi connectivity index (χ1v) is 5.33. The molecule has 1 N–H and O–H groups in total. The van der Waals surface area contributed by atoms with Gasteiger partial charge in [-0.1, -0.05) is 53.3 Å². The van der Waals surface area contributed by atoms with Crippen molar-refractivity contribution in [3.05, 3.63) is 44.9 Å². The van der Waals surface area contributed by atoms with E-state index in [2.05, 4.69) is 4.98 Å². The summed E-state index contributed by atoms with van der Waals surface area (Å²) in [6.07, 6.45) is 0. The highest BCUT2D eigenvalue weighted by Crippen LogP contribution is 2.25. The maximum atomic E-state index is 11.3. The molecule has 0 aliphatic carbocycles. The molecular formula is C10H6ClNO2S. The molecule has 0 unspecified atom stereocenters. The fourth-order valence-corrected chi connectivity index (χ4v) is 2.00. The molecule has 2 rings (SSSR count). The Kier molecular flexibility index (Phi) is 2.70. The first-order valence-electron chi connectivity index (χ1n) is 4.13. The van der Waals surface area contributed by atoms with Crippen molar-refractivity contribution in [1.82, 2.24) is 4.98 Å². The average Bonchev–Trinajstić information content (AvgIpc) is 2.26. The van der Waals surface area contributed by atoms with Gasteiger partial charge in [0.25, 0.3) is 4.74 Å². The summed E-state index contributed by atoms with van der Waals surface area (Å²) in [5, 5.41) is 9.54. The van der Waals surface area contributed by atoms with Gasteiger partial charge in [-0.15, -0.1) is 0 Å². The van der Waals surface area contributed by atoms with Crippen LogP contribution in [0.15, 0.2) is 35.1 Å².